The summed E-state index contributed by atoms with van der Waals surface area (Å²) in [5.74, 6) is -1.27. The van der Waals surface area contributed by atoms with Crippen molar-refractivity contribution in [1.82, 2.24) is 16.1 Å². The first-order valence-electron chi connectivity index (χ1n) is 8.54. The summed E-state index contributed by atoms with van der Waals surface area (Å²) in [6, 6.07) is 6.82. The van der Waals surface area contributed by atoms with Crippen LogP contribution < -0.4 is 20.8 Å². The Morgan fingerprint density at radius 1 is 1.15 bits per heavy atom. The van der Waals surface area contributed by atoms with Crippen LogP contribution in [0.15, 0.2) is 29.4 Å². The summed E-state index contributed by atoms with van der Waals surface area (Å²) in [6.45, 7) is 4.52. The molecular formula is C18H26N4O5. The fourth-order valence-corrected chi connectivity index (χ4v) is 1.88. The number of carbonyl (C=O) groups is 3. The SMILES string of the molecule is COCCCNC(=O)C(=O)N/N=C\c1ccc(OCC(=O)NC(C)C)cc1. The number of nitrogens with one attached hydrogen (secondary N) is 3. The van der Waals surface area contributed by atoms with Crippen molar-refractivity contribution in [3.63, 3.8) is 0 Å². The second-order valence-corrected chi connectivity index (χ2v) is 5.88. The summed E-state index contributed by atoms with van der Waals surface area (Å²) in [6.07, 6.45) is 2.01. The third-order valence-corrected chi connectivity index (χ3v) is 3.10. The zero-order valence-corrected chi connectivity index (χ0v) is 15.8. The molecule has 27 heavy (non-hydrogen) atoms. The maximum Gasteiger partial charge on any atom is 0.329 e. The molecule has 0 aliphatic rings. The Balaban J connectivity index is 2.36. The van der Waals surface area contributed by atoms with Crippen molar-refractivity contribution in [3.05, 3.63) is 29.8 Å². The third kappa shape index (κ3) is 9.95. The van der Waals surface area contributed by atoms with Gasteiger partial charge in [-0.15, -0.1) is 0 Å². The van der Waals surface area contributed by atoms with Gasteiger partial charge < -0.3 is 20.1 Å². The van der Waals surface area contributed by atoms with E-state index in [0.717, 1.165) is 0 Å². The minimum absolute atomic E-state index is 0.0577. The molecular weight excluding hydrogens is 352 g/mol. The van der Waals surface area contributed by atoms with E-state index >= 15 is 0 Å². The van der Waals surface area contributed by atoms with Gasteiger partial charge >= 0.3 is 11.8 Å². The second kappa shape index (κ2) is 12.4. The molecule has 0 aliphatic heterocycles. The molecule has 1 aromatic carbocycles. The van der Waals surface area contributed by atoms with Gasteiger partial charge in [0.2, 0.25) is 0 Å². The van der Waals surface area contributed by atoms with Crippen LogP contribution >= 0.6 is 0 Å². The van der Waals surface area contributed by atoms with Crippen molar-refractivity contribution in [3.8, 4) is 5.75 Å². The molecule has 0 saturated carbocycles. The zero-order chi connectivity index (χ0) is 20.1. The normalized spacial score (nSPS) is 10.7. The maximum atomic E-state index is 11.6. The van der Waals surface area contributed by atoms with E-state index in [9.17, 15) is 14.4 Å². The number of hydrogen-bond donors (Lipinski definition) is 3. The fourth-order valence-electron chi connectivity index (χ4n) is 1.88. The smallest absolute Gasteiger partial charge is 0.329 e. The summed E-state index contributed by atoms with van der Waals surface area (Å²) in [5, 5.41) is 8.91. The molecule has 148 valence electrons. The number of methoxy groups -OCH3 is 1. The average Bonchev–Trinajstić information content (AvgIpc) is 2.63. The van der Waals surface area contributed by atoms with Crippen molar-refractivity contribution in [2.24, 2.45) is 5.10 Å². The lowest BCUT2D eigenvalue weighted by Gasteiger charge is -2.09. The number of benzene rings is 1. The monoisotopic (exact) mass is 378 g/mol. The van der Waals surface area contributed by atoms with Crippen molar-refractivity contribution < 1.29 is 23.9 Å². The molecule has 0 atom stereocenters. The third-order valence-electron chi connectivity index (χ3n) is 3.10. The van der Waals surface area contributed by atoms with Gasteiger partial charge in [-0.05, 0) is 50.1 Å². The molecule has 1 aromatic rings. The van der Waals surface area contributed by atoms with E-state index in [1.165, 1.54) is 6.21 Å². The van der Waals surface area contributed by atoms with Crippen LogP contribution in [0.25, 0.3) is 0 Å². The molecule has 0 bridgehead atoms. The van der Waals surface area contributed by atoms with Gasteiger partial charge in [-0.1, -0.05) is 0 Å². The first kappa shape index (κ1) is 22.1. The van der Waals surface area contributed by atoms with Gasteiger partial charge in [0.1, 0.15) is 5.75 Å². The largest absolute Gasteiger partial charge is 0.484 e. The van der Waals surface area contributed by atoms with Crippen LogP contribution in [0.1, 0.15) is 25.8 Å². The molecule has 3 N–H and O–H groups in total. The lowest BCUT2D eigenvalue weighted by atomic mass is 10.2. The highest BCUT2D eigenvalue weighted by Gasteiger charge is 2.11. The minimum atomic E-state index is -0.847. The summed E-state index contributed by atoms with van der Waals surface area (Å²) >= 11 is 0. The Labute approximate surface area is 158 Å². The Kier molecular flexibility index (Phi) is 10.2. The van der Waals surface area contributed by atoms with Crippen LogP contribution in [-0.2, 0) is 19.1 Å². The van der Waals surface area contributed by atoms with Crippen LogP contribution in [0.4, 0.5) is 0 Å². The molecule has 0 radical (unpaired) electrons. The summed E-state index contributed by atoms with van der Waals surface area (Å²) in [4.78, 5) is 34.6. The predicted molar refractivity (Wildman–Crippen MR) is 100 cm³/mol. The summed E-state index contributed by atoms with van der Waals surface area (Å²) < 4.78 is 10.2. The molecule has 0 spiro atoms. The van der Waals surface area contributed by atoms with Crippen molar-refractivity contribution in [2.45, 2.75) is 26.3 Å². The highest BCUT2D eigenvalue weighted by Crippen LogP contribution is 2.10. The fraction of sp³-hybridized carbons (Fsp3) is 0.444. The molecule has 0 unspecified atom stereocenters. The topological polar surface area (TPSA) is 118 Å². The quantitative estimate of drug-likeness (QED) is 0.233. The molecule has 0 saturated heterocycles. The van der Waals surface area contributed by atoms with Gasteiger partial charge in [-0.25, -0.2) is 5.43 Å². The first-order chi connectivity index (χ1) is 12.9. The molecule has 3 amide bonds. The molecule has 9 nitrogen and oxygen atoms in total. The Morgan fingerprint density at radius 3 is 2.48 bits per heavy atom. The van der Waals surface area contributed by atoms with Crippen LogP contribution in [-0.4, -0.2) is 56.8 Å². The van der Waals surface area contributed by atoms with Gasteiger partial charge in [-0.3, -0.25) is 14.4 Å². The predicted octanol–water partition coefficient (Wildman–Crippen LogP) is 0.193. The van der Waals surface area contributed by atoms with Crippen molar-refractivity contribution in [1.29, 1.82) is 0 Å². The van der Waals surface area contributed by atoms with E-state index in [-0.39, 0.29) is 18.6 Å². The number of amides is 3. The van der Waals surface area contributed by atoms with E-state index in [2.05, 4.69) is 21.2 Å². The van der Waals surface area contributed by atoms with Crippen LogP contribution in [0.3, 0.4) is 0 Å². The van der Waals surface area contributed by atoms with E-state index < -0.39 is 11.8 Å². The van der Waals surface area contributed by atoms with Crippen molar-refractivity contribution in [2.75, 3.05) is 26.9 Å². The molecule has 0 aromatic heterocycles. The van der Waals surface area contributed by atoms with Crippen molar-refractivity contribution >= 4 is 23.9 Å². The molecule has 0 heterocycles. The van der Waals surface area contributed by atoms with Gasteiger partial charge in [0, 0.05) is 26.3 Å². The number of nitrogens with zero attached hydrogens (tertiary/aromatic N) is 1. The van der Waals surface area contributed by atoms with Crippen LogP contribution in [0.5, 0.6) is 5.75 Å². The van der Waals surface area contributed by atoms with Gasteiger partial charge in [-0.2, -0.15) is 5.10 Å². The maximum absolute atomic E-state index is 11.6. The molecule has 1 rings (SSSR count). The average molecular weight is 378 g/mol. The number of hydrogen-bond acceptors (Lipinski definition) is 6. The highest BCUT2D eigenvalue weighted by atomic mass is 16.5. The zero-order valence-electron chi connectivity index (χ0n) is 15.8. The summed E-state index contributed by atoms with van der Waals surface area (Å²) in [5.41, 5.74) is 2.84. The van der Waals surface area contributed by atoms with E-state index in [1.807, 2.05) is 13.8 Å². The molecule has 9 heteroatoms. The highest BCUT2D eigenvalue weighted by molar-refractivity contribution is 6.35. The first-order valence-corrected chi connectivity index (χ1v) is 8.54. The van der Waals surface area contributed by atoms with E-state index in [4.69, 9.17) is 9.47 Å². The van der Waals surface area contributed by atoms with Gasteiger partial charge in [0.15, 0.2) is 6.61 Å². The number of hydrazone groups is 1. The standard InChI is InChI=1S/C18H26N4O5/c1-13(2)21-16(23)12-27-15-7-5-14(6-8-15)11-20-22-18(25)17(24)19-9-4-10-26-3/h5-8,11,13H,4,9-10,12H2,1-3H3,(H,19,24)(H,21,23)(H,22,25)/b20-11-. The Bertz CT molecular complexity index is 644. The summed E-state index contributed by atoms with van der Waals surface area (Å²) in [7, 11) is 1.56. The van der Waals surface area contributed by atoms with Crippen LogP contribution in [0, 0.1) is 0 Å². The number of carbonyl (C=O) groups excluding carboxylic acids is 3. The second-order valence-electron chi connectivity index (χ2n) is 5.88. The number of ether oxygens (including phenoxy) is 2. The Hall–Kier alpha value is -2.94. The molecule has 0 fully saturated rings. The Morgan fingerprint density at radius 2 is 1.85 bits per heavy atom. The van der Waals surface area contributed by atoms with Gasteiger partial charge in [0.05, 0.1) is 6.21 Å². The van der Waals surface area contributed by atoms with E-state index in [1.54, 1.807) is 31.4 Å². The number of rotatable bonds is 10. The van der Waals surface area contributed by atoms with Crippen LogP contribution in [0.2, 0.25) is 0 Å². The van der Waals surface area contributed by atoms with Gasteiger partial charge in [0.25, 0.3) is 5.91 Å². The van der Waals surface area contributed by atoms with E-state index in [0.29, 0.717) is 30.9 Å². The molecule has 0 aliphatic carbocycles. The lowest BCUT2D eigenvalue weighted by Crippen LogP contribution is -2.38. The lowest BCUT2D eigenvalue weighted by molar-refractivity contribution is -0.139. The minimum Gasteiger partial charge on any atom is -0.484 e.